The Hall–Kier alpha value is 3.54. The van der Waals surface area contributed by atoms with Crippen molar-refractivity contribution in [2.45, 2.75) is 7.43 Å². The topological polar surface area (TPSA) is 0 Å². The van der Waals surface area contributed by atoms with E-state index in [9.17, 15) is 0 Å². The smallest absolute Gasteiger partial charge is 0 e. The molecule has 0 saturated heterocycles. The third-order valence-electron chi connectivity index (χ3n) is 0. The predicted molar refractivity (Wildman–Crippen MR) is 18.2 cm³/mol. The van der Waals surface area contributed by atoms with E-state index in [1.807, 2.05) is 0 Å². The molecule has 0 unspecified atom stereocenters. The van der Waals surface area contributed by atoms with E-state index in [1.54, 1.807) is 0 Å². The SMILES string of the molecule is C.[B].[Co].[Cr].[Fe].[Mn].[Mo].[Ni].[Si]. The molecule has 61 valence electrons. The second kappa shape index (κ2) is 102. The van der Waals surface area contributed by atoms with Crippen molar-refractivity contribution in [3.05, 3.63) is 0 Å². The molecule has 0 aliphatic carbocycles. The van der Waals surface area contributed by atoms with E-state index >= 15 is 0 Å². The van der Waals surface area contributed by atoms with E-state index in [2.05, 4.69) is 0 Å². The average molecular weight is 431 g/mol. The molecule has 0 rings (SSSR count). The van der Waals surface area contributed by atoms with Crippen LogP contribution in [0.2, 0.25) is 0 Å². The Labute approximate surface area is 131 Å². The van der Waals surface area contributed by atoms with Gasteiger partial charge in [-0.15, -0.1) is 0 Å². The van der Waals surface area contributed by atoms with Crippen LogP contribution in [0.3, 0.4) is 0 Å². The minimum atomic E-state index is 0. The zero-order valence-electron chi connectivity index (χ0n) is 3.27. The van der Waals surface area contributed by atoms with E-state index in [1.165, 1.54) is 0 Å². The van der Waals surface area contributed by atoms with E-state index < -0.39 is 0 Å². The number of hydrogen-bond donors (Lipinski definition) is 0. The first kappa shape index (κ1) is 133. The summed E-state index contributed by atoms with van der Waals surface area (Å²) in [4.78, 5) is 0. The van der Waals surface area contributed by atoms with Crippen molar-refractivity contribution < 1.29 is 106 Å². The summed E-state index contributed by atoms with van der Waals surface area (Å²) in [5.74, 6) is 0. The summed E-state index contributed by atoms with van der Waals surface area (Å²) < 4.78 is 0. The average Bonchev–Trinajstić information content (AvgIpc) is 0. The number of hydrogen-bond acceptors (Lipinski definition) is 0. The van der Waals surface area contributed by atoms with E-state index in [0.29, 0.717) is 0 Å². The summed E-state index contributed by atoms with van der Waals surface area (Å²) in [6, 6.07) is 0. The van der Waals surface area contributed by atoms with Crippen LogP contribution >= 0.6 is 0 Å². The van der Waals surface area contributed by atoms with Gasteiger partial charge in [0.2, 0.25) is 0 Å². The van der Waals surface area contributed by atoms with Gasteiger partial charge in [0, 0.05) is 125 Å². The van der Waals surface area contributed by atoms with E-state index in [4.69, 9.17) is 0 Å². The van der Waals surface area contributed by atoms with Crippen LogP contribution in [-0.4, -0.2) is 19.4 Å². The molecule has 0 atom stereocenters. The molecule has 8 heteroatoms. The molecular weight excluding hydrogens is 427 g/mol. The third kappa shape index (κ3) is 83.8. The van der Waals surface area contributed by atoms with Gasteiger partial charge in [0.05, 0.1) is 0 Å². The summed E-state index contributed by atoms with van der Waals surface area (Å²) in [5, 5.41) is 0. The Balaban J connectivity index is 0. The molecule has 9 heavy (non-hydrogen) atoms. The van der Waals surface area contributed by atoms with Gasteiger partial charge >= 0.3 is 0 Å². The van der Waals surface area contributed by atoms with Gasteiger partial charge in [-0.25, -0.2) is 0 Å². The van der Waals surface area contributed by atoms with Crippen LogP contribution in [0.25, 0.3) is 0 Å². The molecular formula is CH4BCoCrFeMnMoNiSi. The summed E-state index contributed by atoms with van der Waals surface area (Å²) in [7, 11) is 0. The second-order valence-corrected chi connectivity index (χ2v) is 0. The van der Waals surface area contributed by atoms with Crippen LogP contribution in [0.5, 0.6) is 0 Å². The van der Waals surface area contributed by atoms with Crippen LogP contribution in [0.1, 0.15) is 7.43 Å². The van der Waals surface area contributed by atoms with E-state index in [-0.39, 0.29) is 133 Å². The molecule has 0 aliphatic rings. The zero-order chi connectivity index (χ0) is 0. The molecule has 0 aliphatic heterocycles. The fourth-order valence-corrected chi connectivity index (χ4v) is 0. The fraction of sp³-hybridized carbons (Fsp3) is 1.00. The van der Waals surface area contributed by atoms with Gasteiger partial charge < -0.3 is 0 Å². The van der Waals surface area contributed by atoms with Crippen LogP contribution < -0.4 is 0 Å². The van der Waals surface area contributed by atoms with Crippen molar-refractivity contribution in [3.63, 3.8) is 0 Å². The Morgan fingerprint density at radius 2 is 1.00 bits per heavy atom. The van der Waals surface area contributed by atoms with Gasteiger partial charge in [0.15, 0.2) is 0 Å². The fourth-order valence-electron chi connectivity index (χ4n) is 0. The Bertz CT molecular complexity index is 28.5. The summed E-state index contributed by atoms with van der Waals surface area (Å²) in [6.45, 7) is 0. The van der Waals surface area contributed by atoms with Crippen LogP contribution in [0, 0.1) is 0 Å². The molecule has 0 aromatic rings. The molecule has 0 aromatic carbocycles. The van der Waals surface area contributed by atoms with Crippen molar-refractivity contribution >= 4 is 19.4 Å². The monoisotopic (exact) mass is 433 g/mol. The first-order valence-electron chi connectivity index (χ1n) is 0. The van der Waals surface area contributed by atoms with Gasteiger partial charge in [-0.3, -0.25) is 0 Å². The summed E-state index contributed by atoms with van der Waals surface area (Å²) in [6.07, 6.45) is 0. The molecule has 0 saturated carbocycles. The molecule has 0 heterocycles. The minimum Gasteiger partial charge on any atom is -0.0776 e. The van der Waals surface area contributed by atoms with Crippen molar-refractivity contribution in [2.75, 3.05) is 0 Å². The first-order valence-corrected chi connectivity index (χ1v) is 0. The summed E-state index contributed by atoms with van der Waals surface area (Å²) >= 11 is 0. The second-order valence-electron chi connectivity index (χ2n) is 0. The minimum absolute atomic E-state index is 0. The predicted octanol–water partition coefficient (Wildman–Crippen LogP) is -0.141. The van der Waals surface area contributed by atoms with E-state index in [0.717, 1.165) is 0 Å². The Morgan fingerprint density at radius 3 is 1.00 bits per heavy atom. The van der Waals surface area contributed by atoms with Crippen molar-refractivity contribution in [1.82, 2.24) is 0 Å². The van der Waals surface area contributed by atoms with Crippen molar-refractivity contribution in [2.24, 2.45) is 0 Å². The molecule has 0 nitrogen and oxygen atoms in total. The molecule has 0 N–H and O–H groups in total. The summed E-state index contributed by atoms with van der Waals surface area (Å²) in [5.41, 5.74) is 0. The van der Waals surface area contributed by atoms with Gasteiger partial charge in [-0.2, -0.15) is 0 Å². The first-order chi connectivity index (χ1) is 0. The quantitative estimate of drug-likeness (QED) is 0.469. The molecule has 0 aromatic heterocycles. The molecule has 0 fully saturated rings. The maximum atomic E-state index is 0. The molecule has 0 bridgehead atoms. The molecule has 0 amide bonds. The largest absolute Gasteiger partial charge is 0.0776 e. The van der Waals surface area contributed by atoms with Gasteiger partial charge in [-0.05, 0) is 0 Å². The van der Waals surface area contributed by atoms with Gasteiger partial charge in [0.1, 0.15) is 0 Å². The maximum absolute atomic E-state index is 0. The third-order valence-corrected chi connectivity index (χ3v) is 0. The number of rotatable bonds is 0. The maximum Gasteiger partial charge on any atom is 0 e. The van der Waals surface area contributed by atoms with Crippen LogP contribution in [0.4, 0.5) is 0 Å². The molecule has 0 spiro atoms. The van der Waals surface area contributed by atoms with Gasteiger partial charge in [0.25, 0.3) is 0 Å². The van der Waals surface area contributed by atoms with Crippen LogP contribution in [0.15, 0.2) is 0 Å². The normalized spacial score (nSPS) is 0. The van der Waals surface area contributed by atoms with Gasteiger partial charge in [-0.1, -0.05) is 7.43 Å². The molecule has 9 radical (unpaired) electrons. The Morgan fingerprint density at radius 1 is 1.00 bits per heavy atom. The zero-order valence-corrected chi connectivity index (χ0v) is 11.9. The van der Waals surface area contributed by atoms with Crippen LogP contribution in [-0.2, 0) is 106 Å². The standard InChI is InChI=1S/CH4.B.Co.Cr.Fe.Mn.Mo.Ni.Si/h1H4;;;;;;;;. The Kier molecular flexibility index (Phi) is 1510. The van der Waals surface area contributed by atoms with Crippen molar-refractivity contribution in [3.8, 4) is 0 Å². The van der Waals surface area contributed by atoms with Crippen molar-refractivity contribution in [1.29, 1.82) is 0 Å².